The second-order valence-electron chi connectivity index (χ2n) is 4.54. The number of hydrogen-bond donors (Lipinski definition) is 1. The third kappa shape index (κ3) is 2.87. The summed E-state index contributed by atoms with van der Waals surface area (Å²) in [5.74, 6) is -1.04. The van der Waals surface area contributed by atoms with Crippen LogP contribution in [0.2, 0.25) is 5.02 Å². The first-order chi connectivity index (χ1) is 9.81. The Balaban J connectivity index is 2.37. The van der Waals surface area contributed by atoms with Crippen LogP contribution in [0.3, 0.4) is 0 Å². The quantitative estimate of drug-likeness (QED) is 0.691. The summed E-state index contributed by atoms with van der Waals surface area (Å²) in [5, 5.41) is 24.2. The number of aryl methyl sites for hydroxylation is 1. The van der Waals surface area contributed by atoms with E-state index in [1.807, 2.05) is 0 Å². The maximum absolute atomic E-state index is 11.1. The van der Waals surface area contributed by atoms with Crippen LogP contribution in [0.15, 0.2) is 18.2 Å². The summed E-state index contributed by atoms with van der Waals surface area (Å²) >= 11 is 6.02. The Kier molecular flexibility index (Phi) is 3.95. The van der Waals surface area contributed by atoms with E-state index in [-0.39, 0.29) is 22.8 Å². The fourth-order valence-electron chi connectivity index (χ4n) is 2.10. The molecule has 0 radical (unpaired) electrons. The van der Waals surface area contributed by atoms with E-state index in [4.69, 9.17) is 16.7 Å². The van der Waals surface area contributed by atoms with E-state index in [9.17, 15) is 14.9 Å². The van der Waals surface area contributed by atoms with Crippen molar-refractivity contribution in [2.75, 3.05) is 0 Å². The van der Waals surface area contributed by atoms with Crippen LogP contribution in [0.1, 0.15) is 27.3 Å². The van der Waals surface area contributed by atoms with E-state index < -0.39 is 10.9 Å². The smallest absolute Gasteiger partial charge is 0.339 e. The van der Waals surface area contributed by atoms with Crippen molar-refractivity contribution in [2.24, 2.45) is 0 Å². The Labute approximate surface area is 124 Å². The van der Waals surface area contributed by atoms with E-state index in [1.165, 1.54) is 22.9 Å². The zero-order valence-corrected chi connectivity index (χ0v) is 12.1. The molecule has 0 spiro atoms. The summed E-state index contributed by atoms with van der Waals surface area (Å²) in [6.07, 6.45) is 0. The molecule has 21 heavy (non-hydrogen) atoms. The Morgan fingerprint density at radius 3 is 2.62 bits per heavy atom. The van der Waals surface area contributed by atoms with Gasteiger partial charge in [0.1, 0.15) is 5.56 Å². The van der Waals surface area contributed by atoms with Crippen LogP contribution < -0.4 is 0 Å². The zero-order valence-electron chi connectivity index (χ0n) is 11.3. The molecule has 0 aliphatic heterocycles. The lowest BCUT2D eigenvalue weighted by Gasteiger charge is -2.07. The molecular weight excluding hydrogens is 298 g/mol. The number of halogens is 1. The summed E-state index contributed by atoms with van der Waals surface area (Å²) in [6.45, 7) is 3.52. The molecule has 110 valence electrons. The van der Waals surface area contributed by atoms with Crippen molar-refractivity contribution >= 4 is 23.3 Å². The minimum Gasteiger partial charge on any atom is -0.478 e. The molecule has 0 atom stereocenters. The fourth-order valence-corrected chi connectivity index (χ4v) is 2.33. The van der Waals surface area contributed by atoms with Crippen LogP contribution in [-0.4, -0.2) is 25.8 Å². The van der Waals surface area contributed by atoms with Crippen molar-refractivity contribution in [3.8, 4) is 0 Å². The molecule has 1 N–H and O–H groups in total. The normalized spacial score (nSPS) is 10.6. The molecule has 2 rings (SSSR count). The van der Waals surface area contributed by atoms with E-state index in [0.717, 1.165) is 0 Å². The van der Waals surface area contributed by atoms with Gasteiger partial charge < -0.3 is 5.11 Å². The SMILES string of the molecule is Cc1nn(Cc2ccc([N+](=O)[O-])cc2Cl)c(C)c1C(=O)O. The van der Waals surface area contributed by atoms with Gasteiger partial charge in [0.15, 0.2) is 0 Å². The standard InChI is InChI=1S/C13H12ClN3O4/c1-7-12(13(18)19)8(2)16(15-7)6-9-3-4-10(17(20)21)5-11(9)14/h3-5H,6H2,1-2H3,(H,18,19). The summed E-state index contributed by atoms with van der Waals surface area (Å²) in [6, 6.07) is 4.16. The van der Waals surface area contributed by atoms with Gasteiger partial charge in [-0.1, -0.05) is 11.6 Å². The molecule has 7 nitrogen and oxygen atoms in total. The van der Waals surface area contributed by atoms with Crippen molar-refractivity contribution in [3.63, 3.8) is 0 Å². The molecule has 0 aliphatic rings. The first-order valence-corrected chi connectivity index (χ1v) is 6.39. The molecule has 1 aromatic carbocycles. The summed E-state index contributed by atoms with van der Waals surface area (Å²) < 4.78 is 1.52. The minimum absolute atomic E-state index is 0.0941. The fraction of sp³-hybridized carbons (Fsp3) is 0.231. The third-order valence-electron chi connectivity index (χ3n) is 3.16. The molecule has 0 fully saturated rings. The molecule has 0 saturated heterocycles. The Bertz CT molecular complexity index is 739. The lowest BCUT2D eigenvalue weighted by molar-refractivity contribution is -0.384. The van der Waals surface area contributed by atoms with Gasteiger partial charge in [0.2, 0.25) is 0 Å². The van der Waals surface area contributed by atoms with Crippen LogP contribution >= 0.6 is 11.6 Å². The molecule has 0 bridgehead atoms. The van der Waals surface area contributed by atoms with Crippen LogP contribution in [0.4, 0.5) is 5.69 Å². The predicted octanol–water partition coefficient (Wildman–Crippen LogP) is 2.81. The highest BCUT2D eigenvalue weighted by atomic mass is 35.5. The molecule has 1 aromatic heterocycles. The monoisotopic (exact) mass is 309 g/mol. The summed E-state index contributed by atoms with van der Waals surface area (Å²) in [4.78, 5) is 21.3. The van der Waals surface area contributed by atoms with Gasteiger partial charge in [-0.05, 0) is 25.5 Å². The zero-order chi connectivity index (χ0) is 15.7. The number of aromatic nitrogens is 2. The number of nitro benzene ring substituents is 1. The molecule has 0 amide bonds. The summed E-state index contributed by atoms with van der Waals surface area (Å²) in [7, 11) is 0. The van der Waals surface area contributed by atoms with Crippen molar-refractivity contribution in [1.82, 2.24) is 9.78 Å². The number of hydrogen-bond acceptors (Lipinski definition) is 4. The van der Waals surface area contributed by atoms with E-state index in [2.05, 4.69) is 5.10 Å². The van der Waals surface area contributed by atoms with E-state index >= 15 is 0 Å². The van der Waals surface area contributed by atoms with Crippen LogP contribution in [0.5, 0.6) is 0 Å². The van der Waals surface area contributed by atoms with E-state index in [0.29, 0.717) is 17.0 Å². The molecule has 0 unspecified atom stereocenters. The maximum Gasteiger partial charge on any atom is 0.339 e. The molecule has 2 aromatic rings. The number of nitrogens with zero attached hydrogens (tertiary/aromatic N) is 3. The number of carbonyl (C=O) groups is 1. The minimum atomic E-state index is -1.04. The lowest BCUT2D eigenvalue weighted by atomic mass is 10.2. The number of non-ortho nitro benzene ring substituents is 1. The van der Waals surface area contributed by atoms with Gasteiger partial charge >= 0.3 is 5.97 Å². The van der Waals surface area contributed by atoms with Crippen molar-refractivity contribution in [1.29, 1.82) is 0 Å². The molecule has 0 saturated carbocycles. The van der Waals surface area contributed by atoms with Gasteiger partial charge in [0.05, 0.1) is 27.9 Å². The van der Waals surface area contributed by atoms with Crippen molar-refractivity contribution in [3.05, 3.63) is 55.9 Å². The number of benzene rings is 1. The Morgan fingerprint density at radius 1 is 1.48 bits per heavy atom. The topological polar surface area (TPSA) is 98.3 Å². The first-order valence-electron chi connectivity index (χ1n) is 6.01. The number of rotatable bonds is 4. The van der Waals surface area contributed by atoms with Crippen molar-refractivity contribution < 1.29 is 14.8 Å². The average Bonchev–Trinajstić information content (AvgIpc) is 2.66. The van der Waals surface area contributed by atoms with Gasteiger partial charge in [0, 0.05) is 12.1 Å². The number of carboxylic acid groups (broad SMARTS) is 1. The number of aromatic carboxylic acids is 1. The number of nitro groups is 1. The van der Waals surface area contributed by atoms with Gasteiger partial charge in [-0.15, -0.1) is 0 Å². The summed E-state index contributed by atoms with van der Waals surface area (Å²) in [5.41, 5.74) is 1.62. The molecule has 8 heteroatoms. The largest absolute Gasteiger partial charge is 0.478 e. The van der Waals surface area contributed by atoms with Crippen molar-refractivity contribution in [2.45, 2.75) is 20.4 Å². The van der Waals surface area contributed by atoms with Gasteiger partial charge in [-0.25, -0.2) is 4.79 Å². The van der Waals surface area contributed by atoms with Gasteiger partial charge in [-0.3, -0.25) is 14.8 Å². The van der Waals surface area contributed by atoms with Crippen LogP contribution in [0.25, 0.3) is 0 Å². The van der Waals surface area contributed by atoms with Crippen LogP contribution in [0, 0.1) is 24.0 Å². The predicted molar refractivity (Wildman–Crippen MR) is 75.9 cm³/mol. The third-order valence-corrected chi connectivity index (χ3v) is 3.51. The Morgan fingerprint density at radius 2 is 2.14 bits per heavy atom. The van der Waals surface area contributed by atoms with Crippen LogP contribution in [-0.2, 0) is 6.54 Å². The molecular formula is C13H12ClN3O4. The van der Waals surface area contributed by atoms with Gasteiger partial charge in [0.25, 0.3) is 5.69 Å². The highest BCUT2D eigenvalue weighted by Crippen LogP contribution is 2.24. The second kappa shape index (κ2) is 5.53. The molecule has 0 aliphatic carbocycles. The lowest BCUT2D eigenvalue weighted by Crippen LogP contribution is -2.06. The maximum atomic E-state index is 11.1. The Hall–Kier alpha value is -2.41. The van der Waals surface area contributed by atoms with Gasteiger partial charge in [-0.2, -0.15) is 5.10 Å². The number of carboxylic acids is 1. The first kappa shape index (κ1) is 15.0. The molecule has 1 heterocycles. The van der Waals surface area contributed by atoms with E-state index in [1.54, 1.807) is 13.8 Å². The average molecular weight is 310 g/mol. The second-order valence-corrected chi connectivity index (χ2v) is 4.95. The highest BCUT2D eigenvalue weighted by molar-refractivity contribution is 6.31. The highest BCUT2D eigenvalue weighted by Gasteiger charge is 2.18.